The number of halogens is 2. The van der Waals surface area contributed by atoms with Crippen LogP contribution in [0.15, 0.2) is 39.8 Å². The van der Waals surface area contributed by atoms with Gasteiger partial charge in [-0.25, -0.2) is 4.99 Å². The Bertz CT molecular complexity index is 711. The van der Waals surface area contributed by atoms with Crippen LogP contribution >= 0.6 is 38.5 Å². The SMILES string of the molecule is CCN(C)/C=N/c1cc(C)c(Oc2cc(Br)cc(I)c2)cc1C. The van der Waals surface area contributed by atoms with Crippen molar-refractivity contribution in [3.05, 3.63) is 49.5 Å². The molecular weight excluding hydrogens is 467 g/mol. The summed E-state index contributed by atoms with van der Waals surface area (Å²) >= 11 is 5.78. The highest BCUT2D eigenvalue weighted by Gasteiger charge is 2.07. The van der Waals surface area contributed by atoms with E-state index >= 15 is 0 Å². The fourth-order valence-corrected chi connectivity index (χ4v) is 3.52. The first kappa shape index (κ1) is 18.3. The summed E-state index contributed by atoms with van der Waals surface area (Å²) in [7, 11) is 2.01. The number of aliphatic imine (C=N–C) groups is 1. The Morgan fingerprint density at radius 2 is 1.91 bits per heavy atom. The van der Waals surface area contributed by atoms with Crippen LogP contribution in [0.2, 0.25) is 0 Å². The van der Waals surface area contributed by atoms with Gasteiger partial charge in [0, 0.05) is 21.6 Å². The lowest BCUT2D eigenvalue weighted by Gasteiger charge is -2.13. The average molecular weight is 487 g/mol. The number of aryl methyl sites for hydroxylation is 2. The lowest BCUT2D eigenvalue weighted by atomic mass is 10.1. The molecule has 2 aromatic rings. The van der Waals surface area contributed by atoms with E-state index in [1.165, 1.54) is 0 Å². The molecule has 0 heterocycles. The smallest absolute Gasteiger partial charge is 0.130 e. The van der Waals surface area contributed by atoms with Crippen LogP contribution in [-0.2, 0) is 0 Å². The van der Waals surface area contributed by atoms with Crippen LogP contribution in [0.4, 0.5) is 5.69 Å². The summed E-state index contributed by atoms with van der Waals surface area (Å²) in [5.74, 6) is 1.69. The number of hydrogen-bond donors (Lipinski definition) is 0. The molecule has 0 aliphatic heterocycles. The predicted octanol–water partition coefficient (Wildman–Crippen LogP) is 6.07. The van der Waals surface area contributed by atoms with Gasteiger partial charge in [-0.15, -0.1) is 0 Å². The van der Waals surface area contributed by atoms with E-state index in [1.807, 2.05) is 49.5 Å². The fourth-order valence-electron chi connectivity index (χ4n) is 1.98. The summed E-state index contributed by atoms with van der Waals surface area (Å²) in [5.41, 5.74) is 3.13. The number of benzene rings is 2. The lowest BCUT2D eigenvalue weighted by Crippen LogP contribution is -2.14. The van der Waals surface area contributed by atoms with E-state index in [0.717, 1.165) is 42.9 Å². The molecule has 2 rings (SSSR count). The van der Waals surface area contributed by atoms with Gasteiger partial charge in [0.25, 0.3) is 0 Å². The molecule has 0 saturated heterocycles. The van der Waals surface area contributed by atoms with E-state index in [9.17, 15) is 0 Å². The average Bonchev–Trinajstić information content (AvgIpc) is 2.47. The van der Waals surface area contributed by atoms with Gasteiger partial charge in [0.2, 0.25) is 0 Å². The maximum absolute atomic E-state index is 6.06. The second-order valence-corrected chi connectivity index (χ2v) is 7.59. The third-order valence-corrected chi connectivity index (χ3v) is 4.53. The lowest BCUT2D eigenvalue weighted by molar-refractivity contribution is 0.478. The molecule has 0 radical (unpaired) electrons. The van der Waals surface area contributed by atoms with E-state index in [-0.39, 0.29) is 0 Å². The van der Waals surface area contributed by atoms with E-state index in [4.69, 9.17) is 4.74 Å². The zero-order chi connectivity index (χ0) is 17.0. The molecule has 0 saturated carbocycles. The van der Waals surface area contributed by atoms with Gasteiger partial charge in [-0.1, -0.05) is 15.9 Å². The quantitative estimate of drug-likeness (QED) is 0.291. The second-order valence-electron chi connectivity index (χ2n) is 5.43. The van der Waals surface area contributed by atoms with Crippen molar-refractivity contribution in [2.75, 3.05) is 13.6 Å². The van der Waals surface area contributed by atoms with Gasteiger partial charge in [0.1, 0.15) is 11.5 Å². The molecule has 0 unspecified atom stereocenters. The van der Waals surface area contributed by atoms with Crippen molar-refractivity contribution in [1.82, 2.24) is 4.90 Å². The minimum atomic E-state index is 0.827. The van der Waals surface area contributed by atoms with Gasteiger partial charge in [-0.05, 0) is 84.8 Å². The summed E-state index contributed by atoms with van der Waals surface area (Å²) in [5, 5.41) is 0. The highest BCUT2D eigenvalue weighted by molar-refractivity contribution is 14.1. The monoisotopic (exact) mass is 486 g/mol. The van der Waals surface area contributed by atoms with Crippen LogP contribution in [0.3, 0.4) is 0 Å². The standard InChI is InChI=1S/C18H20BrIN2O/c1-5-22(4)11-21-17-6-13(3)18(7-12(17)2)23-16-9-14(19)8-15(20)10-16/h6-11H,5H2,1-4H3/b21-11+. The number of ether oxygens (including phenoxy) is 1. The molecule has 0 aromatic heterocycles. The first-order valence-electron chi connectivity index (χ1n) is 7.38. The van der Waals surface area contributed by atoms with Gasteiger partial charge in [-0.3, -0.25) is 0 Å². The van der Waals surface area contributed by atoms with Crippen LogP contribution in [0.1, 0.15) is 18.1 Å². The van der Waals surface area contributed by atoms with Crippen molar-refractivity contribution >= 4 is 50.5 Å². The molecule has 0 spiro atoms. The summed E-state index contributed by atoms with van der Waals surface area (Å²) in [6.07, 6.45) is 1.86. The molecule has 122 valence electrons. The fraction of sp³-hybridized carbons (Fsp3) is 0.278. The van der Waals surface area contributed by atoms with Gasteiger partial charge in [0.05, 0.1) is 12.0 Å². The Labute approximate surface area is 160 Å². The molecule has 0 bridgehead atoms. The molecule has 0 N–H and O–H groups in total. The maximum Gasteiger partial charge on any atom is 0.130 e. The van der Waals surface area contributed by atoms with Crippen molar-refractivity contribution in [2.45, 2.75) is 20.8 Å². The van der Waals surface area contributed by atoms with Crippen LogP contribution in [0, 0.1) is 17.4 Å². The van der Waals surface area contributed by atoms with E-state index in [0.29, 0.717) is 0 Å². The van der Waals surface area contributed by atoms with Crippen molar-refractivity contribution in [1.29, 1.82) is 0 Å². The molecule has 23 heavy (non-hydrogen) atoms. The molecule has 0 fully saturated rings. The third kappa shape index (κ3) is 5.21. The number of hydrogen-bond acceptors (Lipinski definition) is 2. The highest BCUT2D eigenvalue weighted by Crippen LogP contribution is 2.33. The van der Waals surface area contributed by atoms with E-state index in [2.05, 4.69) is 63.4 Å². The van der Waals surface area contributed by atoms with Gasteiger partial charge in [-0.2, -0.15) is 0 Å². The normalized spacial score (nSPS) is 11.0. The summed E-state index contributed by atoms with van der Waals surface area (Å²) in [4.78, 5) is 6.59. The van der Waals surface area contributed by atoms with Crippen molar-refractivity contribution < 1.29 is 4.74 Å². The first-order chi connectivity index (χ1) is 10.9. The van der Waals surface area contributed by atoms with E-state index < -0.39 is 0 Å². The summed E-state index contributed by atoms with van der Waals surface area (Å²) in [6, 6.07) is 10.1. The highest BCUT2D eigenvalue weighted by atomic mass is 127. The Balaban J connectivity index is 2.27. The minimum absolute atomic E-state index is 0.827. The van der Waals surface area contributed by atoms with Crippen molar-refractivity contribution in [3.8, 4) is 11.5 Å². The van der Waals surface area contributed by atoms with Crippen LogP contribution in [-0.4, -0.2) is 24.8 Å². The maximum atomic E-state index is 6.06. The Hall–Kier alpha value is -1.08. The predicted molar refractivity (Wildman–Crippen MR) is 109 cm³/mol. The van der Waals surface area contributed by atoms with Crippen LogP contribution in [0.25, 0.3) is 0 Å². The second kappa shape index (κ2) is 8.15. The van der Waals surface area contributed by atoms with Gasteiger partial charge >= 0.3 is 0 Å². The Morgan fingerprint density at radius 1 is 1.17 bits per heavy atom. The molecule has 0 aliphatic carbocycles. The minimum Gasteiger partial charge on any atom is -0.457 e. The first-order valence-corrected chi connectivity index (χ1v) is 9.26. The third-order valence-electron chi connectivity index (χ3n) is 3.45. The topological polar surface area (TPSA) is 24.8 Å². The van der Waals surface area contributed by atoms with Gasteiger partial charge < -0.3 is 9.64 Å². The van der Waals surface area contributed by atoms with Crippen LogP contribution < -0.4 is 4.74 Å². The molecule has 2 aromatic carbocycles. The zero-order valence-corrected chi connectivity index (χ0v) is 17.5. The Morgan fingerprint density at radius 3 is 2.57 bits per heavy atom. The molecule has 0 amide bonds. The number of rotatable bonds is 5. The molecular formula is C18H20BrIN2O. The summed E-state index contributed by atoms with van der Waals surface area (Å²) in [6.45, 7) is 7.13. The largest absolute Gasteiger partial charge is 0.457 e. The van der Waals surface area contributed by atoms with Crippen molar-refractivity contribution in [3.63, 3.8) is 0 Å². The van der Waals surface area contributed by atoms with Crippen LogP contribution in [0.5, 0.6) is 11.5 Å². The van der Waals surface area contributed by atoms with E-state index in [1.54, 1.807) is 0 Å². The molecule has 0 aliphatic rings. The summed E-state index contributed by atoms with van der Waals surface area (Å²) < 4.78 is 8.20. The molecule has 0 atom stereocenters. The molecule has 5 heteroatoms. The number of nitrogens with zero attached hydrogens (tertiary/aromatic N) is 2. The van der Waals surface area contributed by atoms with Gasteiger partial charge in [0.15, 0.2) is 0 Å². The van der Waals surface area contributed by atoms with Crippen molar-refractivity contribution in [2.24, 2.45) is 4.99 Å². The molecule has 3 nitrogen and oxygen atoms in total. The Kier molecular flexibility index (Phi) is 6.47. The zero-order valence-electron chi connectivity index (χ0n) is 13.7.